The molecule has 1 aromatic carbocycles. The van der Waals surface area contributed by atoms with E-state index in [-0.39, 0.29) is 5.91 Å². The number of hydrogen-bond acceptors (Lipinski definition) is 6. The van der Waals surface area contributed by atoms with Gasteiger partial charge in [-0.25, -0.2) is 4.68 Å². The Labute approximate surface area is 126 Å². The van der Waals surface area contributed by atoms with Gasteiger partial charge in [-0.3, -0.25) is 4.79 Å². The molecule has 1 aliphatic heterocycles. The molecule has 0 unspecified atom stereocenters. The summed E-state index contributed by atoms with van der Waals surface area (Å²) in [6.45, 7) is 0.548. The van der Waals surface area contributed by atoms with Crippen LogP contribution in [0.25, 0.3) is 0 Å². The average molecular weight is 305 g/mol. The zero-order valence-electron chi connectivity index (χ0n) is 11.5. The van der Waals surface area contributed by atoms with Crippen molar-refractivity contribution in [2.24, 2.45) is 7.05 Å². The fraction of sp³-hybridized carbons (Fsp3) is 0.385. The van der Waals surface area contributed by atoms with Crippen LogP contribution >= 0.6 is 11.8 Å². The first-order chi connectivity index (χ1) is 10.2. The molecule has 7 nitrogen and oxygen atoms in total. The van der Waals surface area contributed by atoms with Gasteiger partial charge in [-0.15, -0.1) is 5.10 Å². The van der Waals surface area contributed by atoms with Crippen molar-refractivity contribution in [2.45, 2.75) is 17.7 Å². The minimum absolute atomic E-state index is 0.0807. The van der Waals surface area contributed by atoms with Crippen LogP contribution in [0.1, 0.15) is 5.56 Å². The SMILES string of the molecule is Cn1nnnc1SCCNC(=O)[C@H]1Cc2ccccc2O1. The van der Waals surface area contributed by atoms with E-state index in [1.807, 2.05) is 24.3 Å². The third kappa shape index (κ3) is 3.15. The Morgan fingerprint density at radius 2 is 2.38 bits per heavy atom. The van der Waals surface area contributed by atoms with Crippen molar-refractivity contribution in [1.82, 2.24) is 25.5 Å². The summed E-state index contributed by atoms with van der Waals surface area (Å²) in [6.07, 6.45) is 0.200. The Hall–Kier alpha value is -2.09. The number of amides is 1. The molecule has 1 N–H and O–H groups in total. The number of aromatic nitrogens is 4. The fourth-order valence-electron chi connectivity index (χ4n) is 2.10. The minimum Gasteiger partial charge on any atom is -0.480 e. The van der Waals surface area contributed by atoms with Crippen molar-refractivity contribution in [3.8, 4) is 5.75 Å². The van der Waals surface area contributed by atoms with Crippen molar-refractivity contribution in [3.63, 3.8) is 0 Å². The standard InChI is InChI=1S/C13H15N5O2S/c1-18-13(15-16-17-18)21-7-6-14-12(19)11-8-9-4-2-3-5-10(9)20-11/h2-5,11H,6-8H2,1H3,(H,14,19)/t11-/m1/s1. The van der Waals surface area contributed by atoms with Crippen molar-refractivity contribution >= 4 is 17.7 Å². The molecule has 0 bridgehead atoms. The predicted molar refractivity (Wildman–Crippen MR) is 77.1 cm³/mol. The van der Waals surface area contributed by atoms with Gasteiger partial charge >= 0.3 is 0 Å². The second-order valence-corrected chi connectivity index (χ2v) is 5.70. The van der Waals surface area contributed by atoms with Gasteiger partial charge in [0, 0.05) is 25.8 Å². The number of hydrogen-bond donors (Lipinski definition) is 1. The summed E-state index contributed by atoms with van der Waals surface area (Å²) in [5.41, 5.74) is 1.08. The molecule has 2 aromatic rings. The Morgan fingerprint density at radius 1 is 1.52 bits per heavy atom. The van der Waals surface area contributed by atoms with Gasteiger partial charge in [0.15, 0.2) is 6.10 Å². The van der Waals surface area contributed by atoms with Gasteiger partial charge in [0.2, 0.25) is 5.16 Å². The zero-order valence-corrected chi connectivity index (χ0v) is 12.3. The first-order valence-corrected chi connectivity index (χ1v) is 7.60. The molecule has 0 spiro atoms. The first-order valence-electron chi connectivity index (χ1n) is 6.61. The van der Waals surface area contributed by atoms with Gasteiger partial charge < -0.3 is 10.1 Å². The first kappa shape index (κ1) is 13.9. The summed E-state index contributed by atoms with van der Waals surface area (Å²) in [7, 11) is 1.78. The maximum atomic E-state index is 12.1. The van der Waals surface area contributed by atoms with Crippen LogP contribution in [0, 0.1) is 0 Å². The number of para-hydroxylation sites is 1. The molecule has 21 heavy (non-hydrogen) atoms. The summed E-state index contributed by atoms with van der Waals surface area (Å²) in [5, 5.41) is 14.8. The summed E-state index contributed by atoms with van der Waals surface area (Å²) < 4.78 is 7.24. The van der Waals surface area contributed by atoms with Crippen molar-refractivity contribution in [3.05, 3.63) is 29.8 Å². The molecule has 0 saturated carbocycles. The van der Waals surface area contributed by atoms with E-state index >= 15 is 0 Å². The highest BCUT2D eigenvalue weighted by Crippen LogP contribution is 2.28. The van der Waals surface area contributed by atoms with Crippen LogP contribution in [0.15, 0.2) is 29.4 Å². The van der Waals surface area contributed by atoms with Gasteiger partial charge in [-0.05, 0) is 22.1 Å². The fourth-order valence-corrected chi connectivity index (χ4v) is 2.81. The molecule has 1 atom stereocenters. The third-order valence-electron chi connectivity index (χ3n) is 3.15. The molecule has 0 radical (unpaired) electrons. The number of fused-ring (bicyclic) bond motifs is 1. The summed E-state index contributed by atoms with van der Waals surface area (Å²) in [6, 6.07) is 7.73. The Kier molecular flexibility index (Phi) is 4.05. The van der Waals surface area contributed by atoms with E-state index in [0.29, 0.717) is 18.7 Å². The lowest BCUT2D eigenvalue weighted by Gasteiger charge is -2.10. The van der Waals surface area contributed by atoms with Crippen LogP contribution in [0.5, 0.6) is 5.75 Å². The summed E-state index contributed by atoms with van der Waals surface area (Å²) >= 11 is 1.50. The van der Waals surface area contributed by atoms with Crippen LogP contribution in [0.2, 0.25) is 0 Å². The number of thioether (sulfide) groups is 1. The number of rotatable bonds is 5. The van der Waals surface area contributed by atoms with Crippen LogP contribution in [-0.4, -0.2) is 44.5 Å². The van der Waals surface area contributed by atoms with E-state index in [0.717, 1.165) is 16.5 Å². The van der Waals surface area contributed by atoms with E-state index in [4.69, 9.17) is 4.74 Å². The molecule has 1 amide bonds. The van der Waals surface area contributed by atoms with Gasteiger partial charge in [0.05, 0.1) is 0 Å². The molecule has 0 fully saturated rings. The van der Waals surface area contributed by atoms with E-state index in [1.165, 1.54) is 11.8 Å². The quantitative estimate of drug-likeness (QED) is 0.637. The van der Waals surface area contributed by atoms with Gasteiger partial charge in [0.1, 0.15) is 5.75 Å². The molecular weight excluding hydrogens is 290 g/mol. The van der Waals surface area contributed by atoms with Crippen molar-refractivity contribution in [2.75, 3.05) is 12.3 Å². The number of nitrogens with zero attached hydrogens (tertiary/aromatic N) is 4. The van der Waals surface area contributed by atoms with Gasteiger partial charge in [-0.1, -0.05) is 30.0 Å². The molecule has 1 aromatic heterocycles. The number of carbonyl (C=O) groups excluding carboxylic acids is 1. The van der Waals surface area contributed by atoms with Gasteiger partial charge in [0.25, 0.3) is 5.91 Å². The molecule has 3 rings (SSSR count). The molecule has 1 aliphatic rings. The molecular formula is C13H15N5O2S. The van der Waals surface area contributed by atoms with E-state index in [9.17, 15) is 4.79 Å². The van der Waals surface area contributed by atoms with Crippen molar-refractivity contribution < 1.29 is 9.53 Å². The highest BCUT2D eigenvalue weighted by atomic mass is 32.2. The summed E-state index contributed by atoms with van der Waals surface area (Å²) in [4.78, 5) is 12.1. The van der Waals surface area contributed by atoms with Crippen molar-refractivity contribution in [1.29, 1.82) is 0 Å². The van der Waals surface area contributed by atoms with Crippen LogP contribution < -0.4 is 10.1 Å². The monoisotopic (exact) mass is 305 g/mol. The van der Waals surface area contributed by atoms with E-state index < -0.39 is 6.10 Å². The second-order valence-electron chi connectivity index (χ2n) is 4.64. The highest BCUT2D eigenvalue weighted by Gasteiger charge is 2.28. The van der Waals surface area contributed by atoms with Crippen LogP contribution in [0.4, 0.5) is 0 Å². The number of ether oxygens (including phenoxy) is 1. The second kappa shape index (κ2) is 6.13. The Morgan fingerprint density at radius 3 is 3.14 bits per heavy atom. The zero-order chi connectivity index (χ0) is 14.7. The maximum absolute atomic E-state index is 12.1. The number of nitrogens with one attached hydrogen (secondary N) is 1. The van der Waals surface area contributed by atoms with E-state index in [1.54, 1.807) is 11.7 Å². The molecule has 8 heteroatoms. The lowest BCUT2D eigenvalue weighted by Crippen LogP contribution is -2.38. The van der Waals surface area contributed by atoms with Crippen LogP contribution in [-0.2, 0) is 18.3 Å². The minimum atomic E-state index is -0.427. The number of benzene rings is 1. The predicted octanol–water partition coefficient (Wildman–Crippen LogP) is 0.422. The largest absolute Gasteiger partial charge is 0.480 e. The maximum Gasteiger partial charge on any atom is 0.261 e. The molecule has 0 aliphatic carbocycles. The van der Waals surface area contributed by atoms with Crippen LogP contribution in [0.3, 0.4) is 0 Å². The average Bonchev–Trinajstić information content (AvgIpc) is 3.09. The molecule has 0 saturated heterocycles. The van der Waals surface area contributed by atoms with E-state index in [2.05, 4.69) is 20.8 Å². The summed E-state index contributed by atoms with van der Waals surface area (Å²) in [5.74, 6) is 1.43. The third-order valence-corrected chi connectivity index (χ3v) is 4.17. The number of carbonyl (C=O) groups is 1. The normalized spacial score (nSPS) is 16.3. The smallest absolute Gasteiger partial charge is 0.261 e. The number of aryl methyl sites for hydroxylation is 1. The number of tetrazole rings is 1. The highest BCUT2D eigenvalue weighted by molar-refractivity contribution is 7.99. The lowest BCUT2D eigenvalue weighted by atomic mass is 10.1. The molecule has 110 valence electrons. The molecule has 2 heterocycles. The Balaban J connectivity index is 1.43. The van der Waals surface area contributed by atoms with Gasteiger partial charge in [-0.2, -0.15) is 0 Å². The lowest BCUT2D eigenvalue weighted by molar-refractivity contribution is -0.127. The topological polar surface area (TPSA) is 81.9 Å². The Bertz CT molecular complexity index is 620.